The Balaban J connectivity index is 1.56. The second-order valence-corrected chi connectivity index (χ2v) is 7.20. The number of rotatable bonds is 0. The molecule has 0 aromatic rings. The molecule has 1 N–H and O–H groups in total. The van der Waals surface area contributed by atoms with Gasteiger partial charge in [0.2, 0.25) is 0 Å². The van der Waals surface area contributed by atoms with Gasteiger partial charge in [0.05, 0.1) is 0 Å². The first-order chi connectivity index (χ1) is 8.43. The molecule has 1 heteroatoms. The Hall–Kier alpha value is -0.0400. The maximum Gasteiger partial charge on any atom is 0.00986 e. The van der Waals surface area contributed by atoms with E-state index in [1.54, 1.807) is 32.1 Å². The Morgan fingerprint density at radius 1 is 0.588 bits per heavy atom. The van der Waals surface area contributed by atoms with Crippen LogP contribution in [-0.2, 0) is 0 Å². The largest absolute Gasteiger partial charge is 0.314 e. The van der Waals surface area contributed by atoms with Crippen LogP contribution in [0.2, 0.25) is 0 Å². The van der Waals surface area contributed by atoms with E-state index in [9.17, 15) is 0 Å². The lowest BCUT2D eigenvalue weighted by Crippen LogP contribution is -2.46. The van der Waals surface area contributed by atoms with Gasteiger partial charge >= 0.3 is 0 Å². The summed E-state index contributed by atoms with van der Waals surface area (Å²) in [7, 11) is 0. The van der Waals surface area contributed by atoms with Crippen LogP contribution in [0.1, 0.15) is 57.8 Å². The van der Waals surface area contributed by atoms with Gasteiger partial charge in [-0.05, 0) is 74.7 Å². The molecule has 0 aromatic carbocycles. The Bertz CT molecular complexity index is 287. The van der Waals surface area contributed by atoms with E-state index < -0.39 is 0 Å². The van der Waals surface area contributed by atoms with Crippen molar-refractivity contribution in [1.82, 2.24) is 5.32 Å². The highest BCUT2D eigenvalue weighted by Gasteiger charge is 2.48. The van der Waals surface area contributed by atoms with Gasteiger partial charge in [-0.2, -0.15) is 0 Å². The number of hydrogen-bond donors (Lipinski definition) is 1. The summed E-state index contributed by atoms with van der Waals surface area (Å²) in [5.41, 5.74) is 0. The van der Waals surface area contributed by atoms with Crippen molar-refractivity contribution in [3.8, 4) is 0 Å². The zero-order valence-electron chi connectivity index (χ0n) is 11.0. The van der Waals surface area contributed by atoms with Crippen LogP contribution in [-0.4, -0.2) is 12.6 Å². The Morgan fingerprint density at radius 3 is 2.41 bits per heavy atom. The molecule has 3 saturated carbocycles. The van der Waals surface area contributed by atoms with Crippen LogP contribution in [0, 0.1) is 29.6 Å². The summed E-state index contributed by atoms with van der Waals surface area (Å²) < 4.78 is 0. The standard InChI is InChI=1S/C16H27N/c1-2-4-12-11(3-1)5-6-14-13(12)7-8-16-15(14)9-10-17-16/h11-17H,1-10H2. The first-order valence-corrected chi connectivity index (χ1v) is 8.17. The molecule has 6 atom stereocenters. The van der Waals surface area contributed by atoms with E-state index in [0.717, 1.165) is 35.6 Å². The first kappa shape index (κ1) is 10.8. The van der Waals surface area contributed by atoms with Crippen LogP contribution in [0.3, 0.4) is 0 Å². The van der Waals surface area contributed by atoms with Crippen molar-refractivity contribution in [3.05, 3.63) is 0 Å². The van der Waals surface area contributed by atoms with Gasteiger partial charge in [-0.15, -0.1) is 0 Å². The van der Waals surface area contributed by atoms with E-state index in [4.69, 9.17) is 0 Å². The second kappa shape index (κ2) is 4.26. The Morgan fingerprint density at radius 2 is 1.41 bits per heavy atom. The van der Waals surface area contributed by atoms with Gasteiger partial charge in [-0.1, -0.05) is 19.3 Å². The molecule has 17 heavy (non-hydrogen) atoms. The molecular weight excluding hydrogens is 206 g/mol. The molecule has 0 aromatic heterocycles. The lowest BCUT2D eigenvalue weighted by Gasteiger charge is -2.51. The van der Waals surface area contributed by atoms with Gasteiger partial charge in [0.1, 0.15) is 0 Å². The lowest BCUT2D eigenvalue weighted by molar-refractivity contribution is -0.00682. The Kier molecular flexibility index (Phi) is 2.72. The number of fused-ring (bicyclic) bond motifs is 5. The summed E-state index contributed by atoms with van der Waals surface area (Å²) in [4.78, 5) is 0. The molecule has 1 aliphatic heterocycles. The van der Waals surface area contributed by atoms with Crippen molar-refractivity contribution in [2.45, 2.75) is 63.8 Å². The van der Waals surface area contributed by atoms with Crippen molar-refractivity contribution in [2.24, 2.45) is 29.6 Å². The predicted octanol–water partition coefficient (Wildman–Crippen LogP) is 3.59. The van der Waals surface area contributed by atoms with E-state index in [-0.39, 0.29) is 0 Å². The summed E-state index contributed by atoms with van der Waals surface area (Å²) in [6.45, 7) is 1.31. The molecule has 0 amide bonds. The van der Waals surface area contributed by atoms with Gasteiger partial charge in [0.25, 0.3) is 0 Å². The summed E-state index contributed by atoms with van der Waals surface area (Å²) in [5.74, 6) is 5.59. The van der Waals surface area contributed by atoms with Crippen molar-refractivity contribution >= 4 is 0 Å². The minimum absolute atomic E-state index is 0.913. The third-order valence-corrected chi connectivity index (χ3v) is 6.70. The van der Waals surface area contributed by atoms with Gasteiger partial charge in [0, 0.05) is 6.04 Å². The number of hydrogen-bond acceptors (Lipinski definition) is 1. The Labute approximate surface area is 106 Å². The van der Waals surface area contributed by atoms with Crippen molar-refractivity contribution in [1.29, 1.82) is 0 Å². The monoisotopic (exact) mass is 233 g/mol. The molecule has 0 radical (unpaired) electrons. The summed E-state index contributed by atoms with van der Waals surface area (Å²) in [6, 6.07) is 0.913. The molecule has 1 nitrogen and oxygen atoms in total. The maximum absolute atomic E-state index is 3.76. The highest BCUT2D eigenvalue weighted by Crippen LogP contribution is 2.54. The van der Waals surface area contributed by atoms with E-state index in [2.05, 4.69) is 5.32 Å². The second-order valence-electron chi connectivity index (χ2n) is 7.20. The third kappa shape index (κ3) is 1.69. The topological polar surface area (TPSA) is 12.0 Å². The van der Waals surface area contributed by atoms with E-state index in [1.807, 2.05) is 0 Å². The fraction of sp³-hybridized carbons (Fsp3) is 1.00. The smallest absolute Gasteiger partial charge is 0.00986 e. The van der Waals surface area contributed by atoms with Crippen molar-refractivity contribution in [2.75, 3.05) is 6.54 Å². The van der Waals surface area contributed by atoms with Gasteiger partial charge in [-0.3, -0.25) is 0 Å². The molecule has 1 heterocycles. The third-order valence-electron chi connectivity index (χ3n) is 6.70. The molecule has 4 aliphatic rings. The van der Waals surface area contributed by atoms with Crippen LogP contribution >= 0.6 is 0 Å². The molecule has 0 spiro atoms. The molecule has 4 rings (SSSR count). The predicted molar refractivity (Wildman–Crippen MR) is 70.8 cm³/mol. The molecule has 6 unspecified atom stereocenters. The van der Waals surface area contributed by atoms with Crippen LogP contribution in [0.15, 0.2) is 0 Å². The maximum atomic E-state index is 3.76. The van der Waals surface area contributed by atoms with Gasteiger partial charge < -0.3 is 5.32 Å². The van der Waals surface area contributed by atoms with E-state index in [1.165, 1.54) is 32.2 Å². The number of nitrogens with one attached hydrogen (secondary N) is 1. The summed E-state index contributed by atoms with van der Waals surface area (Å²) >= 11 is 0. The highest BCUT2D eigenvalue weighted by atomic mass is 15.0. The first-order valence-electron chi connectivity index (χ1n) is 8.17. The molecule has 0 bridgehead atoms. The molecular formula is C16H27N. The minimum Gasteiger partial charge on any atom is -0.314 e. The normalized spacial score (nSPS) is 53.6. The zero-order chi connectivity index (χ0) is 11.2. The quantitative estimate of drug-likeness (QED) is 0.674. The average Bonchev–Trinajstić information content (AvgIpc) is 2.86. The SMILES string of the molecule is C1CCC2C(C1)CCC1C3CCNC3CCC21. The van der Waals surface area contributed by atoms with Gasteiger partial charge in [-0.25, -0.2) is 0 Å². The van der Waals surface area contributed by atoms with Crippen molar-refractivity contribution < 1.29 is 0 Å². The lowest BCUT2D eigenvalue weighted by atomic mass is 9.54. The van der Waals surface area contributed by atoms with Crippen molar-refractivity contribution in [3.63, 3.8) is 0 Å². The van der Waals surface area contributed by atoms with Crippen LogP contribution in [0.25, 0.3) is 0 Å². The molecule has 96 valence electrons. The van der Waals surface area contributed by atoms with Crippen LogP contribution in [0.5, 0.6) is 0 Å². The van der Waals surface area contributed by atoms with E-state index >= 15 is 0 Å². The molecule has 4 fully saturated rings. The summed E-state index contributed by atoms with van der Waals surface area (Å²) in [5, 5.41) is 3.76. The summed E-state index contributed by atoms with van der Waals surface area (Å²) in [6.07, 6.45) is 13.9. The molecule has 1 saturated heterocycles. The van der Waals surface area contributed by atoms with E-state index in [0.29, 0.717) is 0 Å². The molecule has 3 aliphatic carbocycles. The zero-order valence-corrected chi connectivity index (χ0v) is 11.0. The highest BCUT2D eigenvalue weighted by molar-refractivity contribution is 5.00. The van der Waals surface area contributed by atoms with Gasteiger partial charge in [0.15, 0.2) is 0 Å². The average molecular weight is 233 g/mol. The van der Waals surface area contributed by atoms with Crippen LogP contribution in [0.4, 0.5) is 0 Å². The fourth-order valence-electron chi connectivity index (χ4n) is 6.04. The minimum atomic E-state index is 0.913. The fourth-order valence-corrected chi connectivity index (χ4v) is 6.04. The van der Waals surface area contributed by atoms with Crippen LogP contribution < -0.4 is 5.32 Å².